The maximum Gasteiger partial charge on any atom is 0.256 e. The molecule has 0 saturated carbocycles. The number of aromatic amines is 1. The molecular weight excluding hydrogens is 276 g/mol. The van der Waals surface area contributed by atoms with Gasteiger partial charge in [-0.25, -0.2) is 0 Å². The van der Waals surface area contributed by atoms with Crippen molar-refractivity contribution in [3.63, 3.8) is 0 Å². The summed E-state index contributed by atoms with van der Waals surface area (Å²) < 4.78 is 0. The Morgan fingerprint density at radius 2 is 2.05 bits per heavy atom. The van der Waals surface area contributed by atoms with E-state index in [2.05, 4.69) is 26.9 Å². The number of amides is 1. The molecular formula is C17H16N4O. The first kappa shape index (κ1) is 13.0. The number of carbonyl (C=O) groups is 1. The highest BCUT2D eigenvalue weighted by atomic mass is 16.1. The standard InChI is InChI=1S/C17H16N4O/c1-10-2-5-15-14(9-19-21-15)16(10)17(22)20-13-4-3-11-7-18-8-12(11)6-13/h2-6,9,18H,7-8H2,1H3,(H,19,21)(H,20,22). The number of hydrogen-bond donors (Lipinski definition) is 3. The third kappa shape index (κ3) is 2.07. The molecule has 22 heavy (non-hydrogen) atoms. The van der Waals surface area contributed by atoms with Gasteiger partial charge in [-0.1, -0.05) is 12.1 Å². The number of H-pyrrole nitrogens is 1. The number of fused-ring (bicyclic) bond motifs is 2. The zero-order chi connectivity index (χ0) is 15.1. The molecule has 5 nitrogen and oxygen atoms in total. The van der Waals surface area contributed by atoms with Gasteiger partial charge in [0.25, 0.3) is 5.91 Å². The Kier molecular flexibility index (Phi) is 2.94. The first-order chi connectivity index (χ1) is 10.7. The zero-order valence-electron chi connectivity index (χ0n) is 12.2. The minimum Gasteiger partial charge on any atom is -0.322 e. The van der Waals surface area contributed by atoms with Crippen molar-refractivity contribution >= 4 is 22.5 Å². The number of carbonyl (C=O) groups excluding carboxylic acids is 1. The van der Waals surface area contributed by atoms with Crippen molar-refractivity contribution in [3.8, 4) is 0 Å². The van der Waals surface area contributed by atoms with Crippen molar-refractivity contribution in [2.75, 3.05) is 5.32 Å². The number of aromatic nitrogens is 2. The summed E-state index contributed by atoms with van der Waals surface area (Å²) in [5, 5.41) is 14.1. The van der Waals surface area contributed by atoms with E-state index < -0.39 is 0 Å². The van der Waals surface area contributed by atoms with E-state index in [1.54, 1.807) is 6.20 Å². The van der Waals surface area contributed by atoms with E-state index in [4.69, 9.17) is 0 Å². The number of anilines is 1. The molecule has 2 aromatic carbocycles. The van der Waals surface area contributed by atoms with Crippen molar-refractivity contribution in [1.82, 2.24) is 15.5 Å². The molecule has 1 aliphatic heterocycles. The second-order valence-corrected chi connectivity index (χ2v) is 5.63. The summed E-state index contributed by atoms with van der Waals surface area (Å²) in [4.78, 5) is 12.7. The van der Waals surface area contributed by atoms with Crippen LogP contribution in [0.25, 0.3) is 10.9 Å². The van der Waals surface area contributed by atoms with Gasteiger partial charge in [-0.05, 0) is 41.8 Å². The van der Waals surface area contributed by atoms with E-state index in [1.165, 1.54) is 11.1 Å². The van der Waals surface area contributed by atoms with Crippen LogP contribution in [0, 0.1) is 6.92 Å². The second-order valence-electron chi connectivity index (χ2n) is 5.63. The van der Waals surface area contributed by atoms with E-state index >= 15 is 0 Å². The molecule has 0 atom stereocenters. The average molecular weight is 292 g/mol. The first-order valence-corrected chi connectivity index (χ1v) is 7.29. The lowest BCUT2D eigenvalue weighted by atomic mass is 10.0. The van der Waals surface area contributed by atoms with Gasteiger partial charge in [0.15, 0.2) is 0 Å². The molecule has 0 fully saturated rings. The fraction of sp³-hybridized carbons (Fsp3) is 0.176. The van der Waals surface area contributed by atoms with Crippen LogP contribution >= 0.6 is 0 Å². The molecule has 5 heteroatoms. The van der Waals surface area contributed by atoms with E-state index in [-0.39, 0.29) is 5.91 Å². The summed E-state index contributed by atoms with van der Waals surface area (Å²) in [6.07, 6.45) is 1.70. The molecule has 0 unspecified atom stereocenters. The SMILES string of the molecule is Cc1ccc2[nH]ncc2c1C(=O)Nc1ccc2c(c1)CNC2. The highest BCUT2D eigenvalue weighted by Gasteiger charge is 2.16. The van der Waals surface area contributed by atoms with Gasteiger partial charge in [0, 0.05) is 24.2 Å². The van der Waals surface area contributed by atoms with Gasteiger partial charge >= 0.3 is 0 Å². The maximum absolute atomic E-state index is 12.7. The second kappa shape index (κ2) is 4.96. The van der Waals surface area contributed by atoms with Crippen molar-refractivity contribution in [2.45, 2.75) is 20.0 Å². The van der Waals surface area contributed by atoms with Crippen LogP contribution in [0.1, 0.15) is 27.0 Å². The first-order valence-electron chi connectivity index (χ1n) is 7.29. The molecule has 110 valence electrons. The topological polar surface area (TPSA) is 69.8 Å². The fourth-order valence-corrected chi connectivity index (χ4v) is 2.99. The molecule has 0 saturated heterocycles. The van der Waals surface area contributed by atoms with Crippen LogP contribution in [0.3, 0.4) is 0 Å². The zero-order valence-corrected chi connectivity index (χ0v) is 12.2. The van der Waals surface area contributed by atoms with Crippen LogP contribution in [0.4, 0.5) is 5.69 Å². The van der Waals surface area contributed by atoms with Gasteiger partial charge in [-0.2, -0.15) is 5.10 Å². The summed E-state index contributed by atoms with van der Waals surface area (Å²) in [6, 6.07) is 9.93. The van der Waals surface area contributed by atoms with E-state index in [1.807, 2.05) is 31.2 Å². The number of nitrogens with zero attached hydrogens (tertiary/aromatic N) is 1. The van der Waals surface area contributed by atoms with Crippen LogP contribution in [-0.2, 0) is 13.1 Å². The van der Waals surface area contributed by atoms with Crippen LogP contribution < -0.4 is 10.6 Å². The lowest BCUT2D eigenvalue weighted by molar-refractivity contribution is 0.102. The average Bonchev–Trinajstić information content (AvgIpc) is 3.14. The van der Waals surface area contributed by atoms with Crippen LogP contribution in [0.5, 0.6) is 0 Å². The Balaban J connectivity index is 1.69. The van der Waals surface area contributed by atoms with Crippen molar-refractivity contribution < 1.29 is 4.79 Å². The van der Waals surface area contributed by atoms with Crippen LogP contribution in [-0.4, -0.2) is 16.1 Å². The molecule has 0 spiro atoms. The smallest absolute Gasteiger partial charge is 0.256 e. The van der Waals surface area contributed by atoms with Crippen molar-refractivity contribution in [1.29, 1.82) is 0 Å². The summed E-state index contributed by atoms with van der Waals surface area (Å²) in [5.74, 6) is -0.101. The Labute approximate surface area is 127 Å². The highest BCUT2D eigenvalue weighted by molar-refractivity contribution is 6.13. The van der Waals surface area contributed by atoms with Gasteiger partial charge in [0.1, 0.15) is 0 Å². The number of rotatable bonds is 2. The van der Waals surface area contributed by atoms with Gasteiger partial charge in [-0.3, -0.25) is 9.89 Å². The van der Waals surface area contributed by atoms with Crippen molar-refractivity contribution in [3.05, 3.63) is 58.8 Å². The maximum atomic E-state index is 12.7. The number of benzene rings is 2. The summed E-state index contributed by atoms with van der Waals surface area (Å²) in [5.41, 5.74) is 5.85. The van der Waals surface area contributed by atoms with E-state index in [0.29, 0.717) is 5.56 Å². The number of aryl methyl sites for hydroxylation is 1. The predicted molar refractivity (Wildman–Crippen MR) is 85.8 cm³/mol. The summed E-state index contributed by atoms with van der Waals surface area (Å²) >= 11 is 0. The van der Waals surface area contributed by atoms with Gasteiger partial charge < -0.3 is 10.6 Å². The highest BCUT2D eigenvalue weighted by Crippen LogP contribution is 2.24. The fourth-order valence-electron chi connectivity index (χ4n) is 2.99. The van der Waals surface area contributed by atoms with E-state index in [9.17, 15) is 4.79 Å². The lowest BCUT2D eigenvalue weighted by Gasteiger charge is -2.10. The van der Waals surface area contributed by atoms with Gasteiger partial charge in [0.2, 0.25) is 0 Å². The summed E-state index contributed by atoms with van der Waals surface area (Å²) in [6.45, 7) is 3.69. The molecule has 0 aliphatic carbocycles. The van der Waals surface area contributed by atoms with Gasteiger partial charge in [0.05, 0.1) is 17.3 Å². The summed E-state index contributed by atoms with van der Waals surface area (Å²) in [7, 11) is 0. The number of hydrogen-bond acceptors (Lipinski definition) is 3. The molecule has 1 aliphatic rings. The lowest BCUT2D eigenvalue weighted by Crippen LogP contribution is -2.14. The molecule has 3 aromatic rings. The molecule has 3 N–H and O–H groups in total. The Morgan fingerprint density at radius 1 is 1.18 bits per heavy atom. The predicted octanol–water partition coefficient (Wildman–Crippen LogP) is 2.73. The molecule has 1 amide bonds. The third-order valence-corrected chi connectivity index (χ3v) is 4.15. The van der Waals surface area contributed by atoms with Crippen LogP contribution in [0.15, 0.2) is 36.5 Å². The normalized spacial score (nSPS) is 13.3. The third-order valence-electron chi connectivity index (χ3n) is 4.15. The van der Waals surface area contributed by atoms with Gasteiger partial charge in [-0.15, -0.1) is 0 Å². The largest absolute Gasteiger partial charge is 0.322 e. The monoisotopic (exact) mass is 292 g/mol. The molecule has 1 aromatic heterocycles. The molecule has 0 bridgehead atoms. The molecule has 0 radical (unpaired) electrons. The Hall–Kier alpha value is -2.66. The molecule has 2 heterocycles. The van der Waals surface area contributed by atoms with E-state index in [0.717, 1.165) is 35.2 Å². The quantitative estimate of drug-likeness (QED) is 0.680. The number of nitrogens with one attached hydrogen (secondary N) is 3. The van der Waals surface area contributed by atoms with Crippen LogP contribution in [0.2, 0.25) is 0 Å². The van der Waals surface area contributed by atoms with Crippen molar-refractivity contribution in [2.24, 2.45) is 0 Å². The Morgan fingerprint density at radius 3 is 2.95 bits per heavy atom. The minimum absolute atomic E-state index is 0.101. The minimum atomic E-state index is -0.101. The molecule has 4 rings (SSSR count). The Bertz CT molecular complexity index is 881.